The predicted molar refractivity (Wildman–Crippen MR) is 65.8 cm³/mol. The van der Waals surface area contributed by atoms with Gasteiger partial charge in [0.25, 0.3) is 0 Å². The van der Waals surface area contributed by atoms with Crippen LogP contribution >= 0.6 is 0 Å². The predicted octanol–water partition coefficient (Wildman–Crippen LogP) is 2.35. The minimum Gasteiger partial charge on any atom is -0.393 e. The summed E-state index contributed by atoms with van der Waals surface area (Å²) in [7, 11) is 0. The third kappa shape index (κ3) is 1.58. The van der Waals surface area contributed by atoms with Crippen molar-refractivity contribution in [2.45, 2.75) is 19.3 Å². The van der Waals surface area contributed by atoms with Gasteiger partial charge in [0, 0.05) is 5.92 Å². The average molecular weight is 242 g/mol. The van der Waals surface area contributed by atoms with Crippen molar-refractivity contribution in [3.05, 3.63) is 47.5 Å². The third-order valence-electron chi connectivity index (χ3n) is 3.88. The average Bonchev–Trinajstić information content (AvgIpc) is 2.66. The molecule has 0 bridgehead atoms. The van der Waals surface area contributed by atoms with E-state index in [2.05, 4.69) is 0 Å². The highest BCUT2D eigenvalue weighted by Crippen LogP contribution is 2.42. The summed E-state index contributed by atoms with van der Waals surface area (Å²) in [5, 5.41) is 0. The highest BCUT2D eigenvalue weighted by molar-refractivity contribution is 5.97. The maximum absolute atomic E-state index is 11.8. The summed E-state index contributed by atoms with van der Waals surface area (Å²) in [4.78, 5) is 23.4. The number of ether oxygens (including phenoxy) is 1. The number of cyclic esters (lactones) is 2. The number of hydrogen-bond donors (Lipinski definition) is 0. The van der Waals surface area contributed by atoms with Gasteiger partial charge in [0.2, 0.25) is 0 Å². The molecule has 0 N–H and O–H groups in total. The largest absolute Gasteiger partial charge is 0.393 e. The zero-order chi connectivity index (χ0) is 12.7. The van der Waals surface area contributed by atoms with E-state index in [0.29, 0.717) is 6.42 Å². The molecular formula is C15H14O3. The molecule has 1 aromatic rings. The first-order valence-electron chi connectivity index (χ1n) is 6.16. The Balaban J connectivity index is 2.05. The van der Waals surface area contributed by atoms with E-state index in [1.807, 2.05) is 43.3 Å². The number of carbonyl (C=O) groups excluding carboxylic acids is 2. The van der Waals surface area contributed by atoms with Crippen LogP contribution in [0.15, 0.2) is 36.4 Å². The molecule has 3 rings (SSSR count). The standard InChI is InChI=1S/C15H14O3/c1-9-5-2-3-6-10(9)11-7-4-8-12-13(11)15(17)18-14(12)16/h2-7,11-13H,8H2,1H3/t11-,12-,13-/m0/s1. The van der Waals surface area contributed by atoms with Crippen LogP contribution in [-0.2, 0) is 14.3 Å². The van der Waals surface area contributed by atoms with Gasteiger partial charge in [0.15, 0.2) is 0 Å². The second-order valence-electron chi connectivity index (χ2n) is 4.92. The van der Waals surface area contributed by atoms with Crippen LogP contribution in [0.3, 0.4) is 0 Å². The minimum absolute atomic E-state index is 0.0381. The lowest BCUT2D eigenvalue weighted by Gasteiger charge is -2.26. The summed E-state index contributed by atoms with van der Waals surface area (Å²) in [6.07, 6.45) is 4.62. The van der Waals surface area contributed by atoms with Crippen molar-refractivity contribution in [2.75, 3.05) is 0 Å². The van der Waals surface area contributed by atoms with Crippen molar-refractivity contribution >= 4 is 11.9 Å². The lowest BCUT2D eigenvalue weighted by Crippen LogP contribution is -2.26. The van der Waals surface area contributed by atoms with Crippen LogP contribution in [0.2, 0.25) is 0 Å². The van der Waals surface area contributed by atoms with Crippen molar-refractivity contribution in [3.8, 4) is 0 Å². The van der Waals surface area contributed by atoms with Crippen molar-refractivity contribution < 1.29 is 14.3 Å². The Morgan fingerprint density at radius 3 is 2.72 bits per heavy atom. The van der Waals surface area contributed by atoms with E-state index in [1.54, 1.807) is 0 Å². The fourth-order valence-electron chi connectivity index (χ4n) is 2.94. The van der Waals surface area contributed by atoms with Crippen LogP contribution in [-0.4, -0.2) is 11.9 Å². The van der Waals surface area contributed by atoms with Gasteiger partial charge in [0.1, 0.15) is 0 Å². The van der Waals surface area contributed by atoms with Gasteiger partial charge in [-0.15, -0.1) is 0 Å². The number of carbonyl (C=O) groups is 2. The van der Waals surface area contributed by atoms with E-state index in [-0.39, 0.29) is 29.7 Å². The molecule has 1 aliphatic heterocycles. The third-order valence-corrected chi connectivity index (χ3v) is 3.88. The molecule has 92 valence electrons. The Hall–Kier alpha value is -1.90. The van der Waals surface area contributed by atoms with Crippen molar-refractivity contribution in [1.82, 2.24) is 0 Å². The molecule has 3 heteroatoms. The summed E-state index contributed by atoms with van der Waals surface area (Å²) >= 11 is 0. The molecule has 3 atom stereocenters. The summed E-state index contributed by atoms with van der Waals surface area (Å²) < 4.78 is 4.78. The van der Waals surface area contributed by atoms with Gasteiger partial charge < -0.3 is 4.74 Å². The molecule has 1 fully saturated rings. The van der Waals surface area contributed by atoms with E-state index in [0.717, 1.165) is 11.1 Å². The van der Waals surface area contributed by atoms with E-state index in [9.17, 15) is 9.59 Å². The van der Waals surface area contributed by atoms with Gasteiger partial charge in [-0.2, -0.15) is 0 Å². The summed E-state index contributed by atoms with van der Waals surface area (Å²) in [5.74, 6) is -1.42. The van der Waals surface area contributed by atoms with Crippen LogP contribution in [0.5, 0.6) is 0 Å². The second kappa shape index (κ2) is 4.09. The fourth-order valence-corrected chi connectivity index (χ4v) is 2.94. The van der Waals surface area contributed by atoms with Crippen LogP contribution in [0.1, 0.15) is 23.5 Å². The Morgan fingerprint density at radius 1 is 1.17 bits per heavy atom. The zero-order valence-electron chi connectivity index (χ0n) is 10.1. The number of esters is 2. The van der Waals surface area contributed by atoms with Gasteiger partial charge in [0.05, 0.1) is 11.8 Å². The topological polar surface area (TPSA) is 43.4 Å². The van der Waals surface area contributed by atoms with Crippen LogP contribution in [0.4, 0.5) is 0 Å². The van der Waals surface area contributed by atoms with Crippen LogP contribution in [0.25, 0.3) is 0 Å². The SMILES string of the molecule is Cc1ccccc1[C@@H]1C=CC[C@@H]2C(=O)OC(=O)[C@H]21. The normalized spacial score (nSPS) is 30.2. The molecule has 0 saturated carbocycles. The summed E-state index contributed by atoms with van der Waals surface area (Å²) in [6.45, 7) is 2.02. The number of hydrogen-bond acceptors (Lipinski definition) is 3. The van der Waals surface area contributed by atoms with Gasteiger partial charge in [-0.25, -0.2) is 0 Å². The lowest BCUT2D eigenvalue weighted by atomic mass is 9.73. The molecule has 3 nitrogen and oxygen atoms in total. The monoisotopic (exact) mass is 242 g/mol. The zero-order valence-corrected chi connectivity index (χ0v) is 10.1. The van der Waals surface area contributed by atoms with Crippen molar-refractivity contribution in [3.63, 3.8) is 0 Å². The molecule has 1 saturated heterocycles. The van der Waals surface area contributed by atoms with Gasteiger partial charge in [-0.3, -0.25) is 9.59 Å². The Bertz CT molecular complexity index is 544. The molecular weight excluding hydrogens is 228 g/mol. The maximum Gasteiger partial charge on any atom is 0.318 e. The lowest BCUT2D eigenvalue weighted by molar-refractivity contribution is -0.153. The Labute approximate surface area is 105 Å². The molecule has 1 heterocycles. The minimum atomic E-state index is -0.373. The highest BCUT2D eigenvalue weighted by Gasteiger charge is 2.49. The molecule has 0 radical (unpaired) electrons. The van der Waals surface area contributed by atoms with Crippen LogP contribution < -0.4 is 0 Å². The number of fused-ring (bicyclic) bond motifs is 1. The number of allylic oxidation sites excluding steroid dienone is 2. The first-order chi connectivity index (χ1) is 8.68. The molecule has 0 unspecified atom stereocenters. The fraction of sp³-hybridized carbons (Fsp3) is 0.333. The van der Waals surface area contributed by atoms with Crippen molar-refractivity contribution in [1.29, 1.82) is 0 Å². The summed E-state index contributed by atoms with van der Waals surface area (Å²) in [5.41, 5.74) is 2.25. The summed E-state index contributed by atoms with van der Waals surface area (Å²) in [6, 6.07) is 7.97. The maximum atomic E-state index is 11.8. The number of benzene rings is 1. The van der Waals surface area contributed by atoms with Gasteiger partial charge >= 0.3 is 11.9 Å². The number of rotatable bonds is 1. The molecule has 1 aliphatic carbocycles. The highest BCUT2D eigenvalue weighted by atomic mass is 16.6. The Morgan fingerprint density at radius 2 is 1.94 bits per heavy atom. The smallest absolute Gasteiger partial charge is 0.318 e. The molecule has 0 aromatic heterocycles. The first-order valence-corrected chi connectivity index (χ1v) is 6.16. The van der Waals surface area contributed by atoms with Crippen LogP contribution in [0, 0.1) is 18.8 Å². The number of aryl methyl sites for hydroxylation is 1. The van der Waals surface area contributed by atoms with E-state index in [1.165, 1.54) is 0 Å². The first kappa shape index (κ1) is 11.2. The molecule has 0 spiro atoms. The van der Waals surface area contributed by atoms with E-state index < -0.39 is 0 Å². The Kier molecular flexibility index (Phi) is 2.54. The van der Waals surface area contributed by atoms with E-state index in [4.69, 9.17) is 4.74 Å². The van der Waals surface area contributed by atoms with Crippen molar-refractivity contribution in [2.24, 2.45) is 11.8 Å². The second-order valence-corrected chi connectivity index (χ2v) is 4.92. The van der Waals surface area contributed by atoms with Gasteiger partial charge in [-0.05, 0) is 24.5 Å². The molecule has 1 aromatic carbocycles. The molecule has 0 amide bonds. The van der Waals surface area contributed by atoms with E-state index >= 15 is 0 Å². The molecule has 2 aliphatic rings. The quantitative estimate of drug-likeness (QED) is 0.431. The van der Waals surface area contributed by atoms with Gasteiger partial charge in [-0.1, -0.05) is 36.4 Å². The molecule has 18 heavy (non-hydrogen) atoms.